The number of fused-ring (bicyclic) bond motifs is 1. The van der Waals surface area contributed by atoms with Gasteiger partial charge in [-0.05, 0) is 29.3 Å². The number of aromatic hydroxyl groups is 1. The highest BCUT2D eigenvalue weighted by Crippen LogP contribution is 2.38. The third-order valence-electron chi connectivity index (χ3n) is 5.60. The van der Waals surface area contributed by atoms with Gasteiger partial charge in [-0.2, -0.15) is 0 Å². The Morgan fingerprint density at radius 3 is 2.52 bits per heavy atom. The number of ether oxygens (including phenoxy) is 4. The summed E-state index contributed by atoms with van der Waals surface area (Å²) in [7, 11) is 1.36. The lowest BCUT2D eigenvalue weighted by molar-refractivity contribution is -0.271. The Kier molecular flexibility index (Phi) is 6.13. The minimum atomic E-state index is -1.86. The van der Waals surface area contributed by atoms with E-state index in [1.165, 1.54) is 25.3 Å². The van der Waals surface area contributed by atoms with Crippen LogP contribution in [-0.4, -0.2) is 75.3 Å². The van der Waals surface area contributed by atoms with Gasteiger partial charge >= 0.3 is 11.9 Å². The summed E-state index contributed by atoms with van der Waals surface area (Å²) in [5, 5.41) is 49.2. The van der Waals surface area contributed by atoms with Crippen LogP contribution in [0.4, 0.5) is 0 Å². The van der Waals surface area contributed by atoms with Crippen molar-refractivity contribution >= 4 is 11.9 Å². The van der Waals surface area contributed by atoms with Crippen LogP contribution in [0, 0.1) is 0 Å². The first kappa shape index (κ1) is 22.8. The number of cyclic esters (lactones) is 1. The molecule has 6 atom stereocenters. The number of rotatable bonds is 5. The molecule has 1 fully saturated rings. The molecular weight excluding hydrogens is 440 g/mol. The molecule has 0 unspecified atom stereocenters. The molecule has 2 heterocycles. The largest absolute Gasteiger partial charge is 0.507 e. The summed E-state index contributed by atoms with van der Waals surface area (Å²) >= 11 is 0. The molecule has 0 bridgehead atoms. The molecule has 1 saturated heterocycles. The number of aliphatic hydroxyl groups excluding tert-OH is 3. The van der Waals surface area contributed by atoms with Crippen LogP contribution >= 0.6 is 0 Å². The molecule has 11 heteroatoms. The van der Waals surface area contributed by atoms with E-state index in [1.54, 1.807) is 18.2 Å². The first-order chi connectivity index (χ1) is 15.7. The first-order valence-electron chi connectivity index (χ1n) is 10.00. The van der Waals surface area contributed by atoms with Crippen molar-refractivity contribution in [3.05, 3.63) is 53.1 Å². The number of phenols is 1. The monoisotopic (exact) mass is 462 g/mol. The number of esters is 1. The van der Waals surface area contributed by atoms with Gasteiger partial charge in [0.1, 0.15) is 35.7 Å². The predicted octanol–water partition coefficient (Wildman–Crippen LogP) is 0.126. The van der Waals surface area contributed by atoms with E-state index in [4.69, 9.17) is 18.9 Å². The van der Waals surface area contributed by atoms with Crippen molar-refractivity contribution in [3.8, 4) is 17.2 Å². The van der Waals surface area contributed by atoms with Gasteiger partial charge in [0, 0.05) is 6.42 Å². The smallest absolute Gasteiger partial charge is 0.342 e. The maximum absolute atomic E-state index is 12.4. The number of methoxy groups -OCH3 is 1. The summed E-state index contributed by atoms with van der Waals surface area (Å²) in [6, 6.07) is 9.33. The molecule has 0 radical (unpaired) electrons. The number of aliphatic hydroxyl groups is 3. The summed E-state index contributed by atoms with van der Waals surface area (Å²) in [4.78, 5) is 23.8. The molecule has 5 N–H and O–H groups in total. The van der Waals surface area contributed by atoms with Crippen LogP contribution in [0.25, 0.3) is 0 Å². The van der Waals surface area contributed by atoms with Crippen molar-refractivity contribution in [2.75, 3.05) is 7.11 Å². The summed E-state index contributed by atoms with van der Waals surface area (Å²) in [6.07, 6.45) is -9.37. The van der Waals surface area contributed by atoms with E-state index in [0.29, 0.717) is 11.1 Å². The lowest BCUT2D eigenvalue weighted by atomic mass is 9.94. The number of aliphatic carboxylic acids is 1. The van der Waals surface area contributed by atoms with Gasteiger partial charge in [0.05, 0.1) is 7.11 Å². The lowest BCUT2D eigenvalue weighted by Gasteiger charge is -2.38. The molecule has 0 amide bonds. The van der Waals surface area contributed by atoms with Gasteiger partial charge < -0.3 is 44.5 Å². The maximum atomic E-state index is 12.4. The molecule has 176 valence electrons. The van der Waals surface area contributed by atoms with Crippen molar-refractivity contribution in [1.29, 1.82) is 0 Å². The van der Waals surface area contributed by atoms with Gasteiger partial charge in [0.15, 0.2) is 17.6 Å². The molecular formula is C22H22O11. The van der Waals surface area contributed by atoms with E-state index < -0.39 is 48.7 Å². The van der Waals surface area contributed by atoms with Gasteiger partial charge in [0.25, 0.3) is 0 Å². The first-order valence-corrected chi connectivity index (χ1v) is 10.00. The van der Waals surface area contributed by atoms with Crippen LogP contribution in [0.5, 0.6) is 17.2 Å². The highest BCUT2D eigenvalue weighted by Gasteiger charge is 2.48. The molecule has 0 aromatic heterocycles. The Morgan fingerprint density at radius 1 is 1.06 bits per heavy atom. The second-order valence-electron chi connectivity index (χ2n) is 7.67. The van der Waals surface area contributed by atoms with Crippen LogP contribution in [0.3, 0.4) is 0 Å². The van der Waals surface area contributed by atoms with Crippen molar-refractivity contribution in [3.63, 3.8) is 0 Å². The molecule has 0 spiro atoms. The van der Waals surface area contributed by atoms with Gasteiger partial charge in [-0.15, -0.1) is 0 Å². The fourth-order valence-corrected chi connectivity index (χ4v) is 3.87. The Balaban J connectivity index is 1.61. The zero-order chi connectivity index (χ0) is 23.9. The number of carbonyl (C=O) groups is 2. The molecule has 0 saturated carbocycles. The average molecular weight is 462 g/mol. The minimum absolute atomic E-state index is 0.0181. The Labute approximate surface area is 187 Å². The molecule has 11 nitrogen and oxygen atoms in total. The summed E-state index contributed by atoms with van der Waals surface area (Å²) in [6.45, 7) is 0. The van der Waals surface area contributed by atoms with Crippen molar-refractivity contribution in [2.45, 2.75) is 43.2 Å². The van der Waals surface area contributed by atoms with Gasteiger partial charge in [0.2, 0.25) is 6.29 Å². The number of phenolic OH excluding ortho intramolecular Hbond substituents is 1. The topological polar surface area (TPSA) is 172 Å². The van der Waals surface area contributed by atoms with E-state index in [0.717, 1.165) is 0 Å². The maximum Gasteiger partial charge on any atom is 0.342 e. The zero-order valence-electron chi connectivity index (χ0n) is 17.3. The molecule has 2 aromatic carbocycles. The van der Waals surface area contributed by atoms with Crippen molar-refractivity contribution < 1.29 is 54.1 Å². The number of hydrogen-bond acceptors (Lipinski definition) is 10. The normalized spacial score (nSPS) is 29.0. The SMILES string of the molecule is COc1ccc([C@H]2Cc3cccc(O)c3C(=O)O2)cc1O[C@@H]1O[C@H](C(=O)O)[C@@H](O)[C@H](O)[C@H]1O. The van der Waals surface area contributed by atoms with Crippen LogP contribution in [0.15, 0.2) is 36.4 Å². The Hall–Kier alpha value is -3.38. The molecule has 2 aliphatic rings. The average Bonchev–Trinajstić information content (AvgIpc) is 2.78. The highest BCUT2D eigenvalue weighted by molar-refractivity contribution is 5.95. The van der Waals surface area contributed by atoms with E-state index in [2.05, 4.69) is 0 Å². The zero-order valence-corrected chi connectivity index (χ0v) is 17.3. The van der Waals surface area contributed by atoms with E-state index in [1.807, 2.05) is 0 Å². The Bertz CT molecular complexity index is 1070. The second kappa shape index (κ2) is 8.87. The summed E-state index contributed by atoms with van der Waals surface area (Å²) < 4.78 is 21.5. The molecule has 4 rings (SSSR count). The minimum Gasteiger partial charge on any atom is -0.507 e. The van der Waals surface area contributed by atoms with Gasteiger partial charge in [-0.1, -0.05) is 18.2 Å². The van der Waals surface area contributed by atoms with Crippen molar-refractivity contribution in [2.24, 2.45) is 0 Å². The number of hydrogen-bond donors (Lipinski definition) is 5. The number of benzene rings is 2. The standard InChI is InChI=1S/C22H22O11/c1-30-12-6-5-9(13-8-10-3-2-4-11(23)15(10)21(29)31-13)7-14(12)32-22-18(26)16(24)17(25)19(33-22)20(27)28/h2-7,13,16-19,22-26H,8H2,1H3,(H,27,28)/t13-,16+,17+,18-,19+,22-/m1/s1. The lowest BCUT2D eigenvalue weighted by Crippen LogP contribution is -2.61. The van der Waals surface area contributed by atoms with E-state index in [-0.39, 0.29) is 29.2 Å². The van der Waals surface area contributed by atoms with Crippen LogP contribution in [0.2, 0.25) is 0 Å². The van der Waals surface area contributed by atoms with Crippen LogP contribution in [0.1, 0.15) is 27.6 Å². The fraction of sp³-hybridized carbons (Fsp3) is 0.364. The highest BCUT2D eigenvalue weighted by atomic mass is 16.7. The number of carboxylic acids is 1. The molecule has 2 aromatic rings. The quantitative estimate of drug-likeness (QED) is 0.382. The van der Waals surface area contributed by atoms with Gasteiger partial charge in [-0.25, -0.2) is 9.59 Å². The second-order valence-corrected chi connectivity index (χ2v) is 7.67. The molecule has 2 aliphatic heterocycles. The third kappa shape index (κ3) is 4.18. The molecule has 0 aliphatic carbocycles. The van der Waals surface area contributed by atoms with Crippen LogP contribution < -0.4 is 9.47 Å². The Morgan fingerprint density at radius 2 is 1.82 bits per heavy atom. The van der Waals surface area contributed by atoms with E-state index >= 15 is 0 Å². The fourth-order valence-electron chi connectivity index (χ4n) is 3.87. The van der Waals surface area contributed by atoms with E-state index in [9.17, 15) is 35.1 Å². The van der Waals surface area contributed by atoms with Crippen LogP contribution in [-0.2, 0) is 20.7 Å². The van der Waals surface area contributed by atoms with Crippen molar-refractivity contribution in [1.82, 2.24) is 0 Å². The molecule has 33 heavy (non-hydrogen) atoms. The number of carboxylic acid groups (broad SMARTS) is 1. The summed E-state index contributed by atoms with van der Waals surface area (Å²) in [5.74, 6) is -2.19. The predicted molar refractivity (Wildman–Crippen MR) is 108 cm³/mol. The van der Waals surface area contributed by atoms with Gasteiger partial charge in [-0.3, -0.25) is 0 Å². The third-order valence-corrected chi connectivity index (χ3v) is 5.60. The summed E-state index contributed by atoms with van der Waals surface area (Å²) in [5.41, 5.74) is 1.19. The number of carbonyl (C=O) groups excluding carboxylic acids is 1.